The Balaban J connectivity index is 1.34. The van der Waals surface area contributed by atoms with Crippen molar-refractivity contribution in [2.75, 3.05) is 44.2 Å². The molecule has 5 nitrogen and oxygen atoms in total. The van der Waals surface area contributed by atoms with Crippen LogP contribution in [0.4, 0.5) is 5.69 Å². The van der Waals surface area contributed by atoms with Crippen LogP contribution in [0.3, 0.4) is 0 Å². The zero-order valence-corrected chi connectivity index (χ0v) is 15.5. The number of carbonyl (C=O) groups is 1. The Morgan fingerprint density at radius 1 is 1.08 bits per heavy atom. The van der Waals surface area contributed by atoms with Crippen LogP contribution in [0, 0.1) is 6.92 Å². The number of amides is 1. The first kappa shape index (κ1) is 17.2. The van der Waals surface area contributed by atoms with Gasteiger partial charge in [-0.25, -0.2) is 0 Å². The molecule has 0 bridgehead atoms. The lowest BCUT2D eigenvalue weighted by atomic mass is 10.0. The van der Waals surface area contributed by atoms with Crippen LogP contribution in [0.25, 0.3) is 0 Å². The minimum absolute atomic E-state index is 0.144. The second-order valence-electron chi connectivity index (χ2n) is 7.50. The van der Waals surface area contributed by atoms with Gasteiger partial charge in [-0.1, -0.05) is 18.2 Å². The van der Waals surface area contributed by atoms with Gasteiger partial charge in [0.15, 0.2) is 0 Å². The van der Waals surface area contributed by atoms with E-state index in [4.69, 9.17) is 0 Å². The molecule has 5 heteroatoms. The number of nitrogens with zero attached hydrogens (tertiary/aromatic N) is 3. The molecule has 138 valence electrons. The molecule has 1 atom stereocenters. The molecular formula is C21H28N4O. The van der Waals surface area contributed by atoms with Crippen molar-refractivity contribution in [2.45, 2.75) is 25.8 Å². The third-order valence-electron chi connectivity index (χ3n) is 5.69. The molecule has 0 spiro atoms. The van der Waals surface area contributed by atoms with Gasteiger partial charge in [-0.3, -0.25) is 9.69 Å². The van der Waals surface area contributed by atoms with E-state index in [9.17, 15) is 4.79 Å². The van der Waals surface area contributed by atoms with Gasteiger partial charge in [0.25, 0.3) is 5.91 Å². The van der Waals surface area contributed by atoms with Gasteiger partial charge in [0, 0.05) is 57.2 Å². The number of nitrogens with one attached hydrogen (secondary N) is 1. The quantitative estimate of drug-likeness (QED) is 0.924. The highest BCUT2D eigenvalue weighted by Crippen LogP contribution is 2.22. The number of rotatable bonds is 3. The molecule has 0 unspecified atom stereocenters. The minimum atomic E-state index is 0.144. The van der Waals surface area contributed by atoms with E-state index in [2.05, 4.69) is 45.1 Å². The summed E-state index contributed by atoms with van der Waals surface area (Å²) in [5.41, 5.74) is 3.14. The Labute approximate surface area is 155 Å². The lowest BCUT2D eigenvalue weighted by Gasteiger charge is -2.43. The number of H-pyrrole nitrogens is 1. The molecule has 1 N–H and O–H groups in total. The van der Waals surface area contributed by atoms with E-state index in [0.29, 0.717) is 6.04 Å². The van der Waals surface area contributed by atoms with Crippen molar-refractivity contribution >= 4 is 11.6 Å². The molecule has 2 aliphatic rings. The fraction of sp³-hybridized carbons (Fsp3) is 0.476. The van der Waals surface area contributed by atoms with Crippen LogP contribution < -0.4 is 4.90 Å². The molecular weight excluding hydrogens is 324 g/mol. The summed E-state index contributed by atoms with van der Waals surface area (Å²) in [4.78, 5) is 22.9. The fourth-order valence-corrected chi connectivity index (χ4v) is 4.22. The van der Waals surface area contributed by atoms with Gasteiger partial charge >= 0.3 is 0 Å². The maximum Gasteiger partial charge on any atom is 0.270 e. The van der Waals surface area contributed by atoms with E-state index in [1.165, 1.54) is 12.1 Å². The topological polar surface area (TPSA) is 42.6 Å². The normalized spacial score (nSPS) is 21.8. The van der Waals surface area contributed by atoms with Crippen molar-refractivity contribution in [1.82, 2.24) is 14.8 Å². The first-order valence-corrected chi connectivity index (χ1v) is 9.69. The second-order valence-corrected chi connectivity index (χ2v) is 7.50. The molecule has 2 saturated heterocycles. The number of aromatic amines is 1. The Hall–Kier alpha value is -2.27. The van der Waals surface area contributed by atoms with Crippen LogP contribution in [0.1, 0.15) is 28.9 Å². The zero-order chi connectivity index (χ0) is 17.9. The number of aromatic nitrogens is 1. The number of carbonyl (C=O) groups excluding carboxylic acids is 1. The number of piperidine rings is 1. The van der Waals surface area contributed by atoms with Crippen LogP contribution in [0.2, 0.25) is 0 Å². The first-order chi connectivity index (χ1) is 12.7. The van der Waals surface area contributed by atoms with Gasteiger partial charge in [0.05, 0.1) is 0 Å². The maximum atomic E-state index is 12.7. The van der Waals surface area contributed by atoms with Crippen molar-refractivity contribution in [3.8, 4) is 0 Å². The average Bonchev–Trinajstić information content (AvgIpc) is 3.15. The molecule has 0 saturated carbocycles. The van der Waals surface area contributed by atoms with Crippen molar-refractivity contribution in [3.05, 3.63) is 53.9 Å². The van der Waals surface area contributed by atoms with Crippen molar-refractivity contribution in [1.29, 1.82) is 0 Å². The Morgan fingerprint density at radius 3 is 2.54 bits per heavy atom. The lowest BCUT2D eigenvalue weighted by molar-refractivity contribution is 0.0559. The minimum Gasteiger partial charge on any atom is -0.369 e. The van der Waals surface area contributed by atoms with Crippen molar-refractivity contribution < 1.29 is 4.79 Å². The molecule has 1 amide bonds. The molecule has 2 aliphatic heterocycles. The van der Waals surface area contributed by atoms with Crippen LogP contribution in [0.5, 0.6) is 0 Å². The maximum absolute atomic E-state index is 12.7. The van der Waals surface area contributed by atoms with Gasteiger partial charge in [0.1, 0.15) is 5.69 Å². The number of hydrogen-bond acceptors (Lipinski definition) is 3. The molecule has 1 aromatic heterocycles. The largest absolute Gasteiger partial charge is 0.369 e. The summed E-state index contributed by atoms with van der Waals surface area (Å²) >= 11 is 0. The van der Waals surface area contributed by atoms with E-state index in [1.807, 2.05) is 24.1 Å². The Morgan fingerprint density at radius 2 is 1.85 bits per heavy atom. The standard InChI is InChI=1S/C21H28N4O/c1-17-14-20(22-15-17)21(26)25-9-5-8-19(16-25)24-12-10-23(11-13-24)18-6-3-2-4-7-18/h2-4,6-7,14-15,19,22H,5,8-13,16H2,1H3/t19-/m0/s1. The predicted octanol–water partition coefficient (Wildman–Crippen LogP) is 2.75. The number of benzene rings is 1. The van der Waals surface area contributed by atoms with Crippen LogP contribution >= 0.6 is 0 Å². The fourth-order valence-electron chi connectivity index (χ4n) is 4.22. The van der Waals surface area contributed by atoms with E-state index >= 15 is 0 Å². The van der Waals surface area contributed by atoms with Gasteiger partial charge in [-0.2, -0.15) is 0 Å². The molecule has 3 heterocycles. The smallest absolute Gasteiger partial charge is 0.270 e. The second kappa shape index (κ2) is 7.54. The highest BCUT2D eigenvalue weighted by molar-refractivity contribution is 5.92. The van der Waals surface area contributed by atoms with Gasteiger partial charge in [-0.15, -0.1) is 0 Å². The molecule has 1 aromatic carbocycles. The number of aryl methyl sites for hydroxylation is 1. The Kier molecular flexibility index (Phi) is 4.98. The zero-order valence-electron chi connectivity index (χ0n) is 15.5. The monoisotopic (exact) mass is 352 g/mol. The van der Waals surface area contributed by atoms with Gasteiger partial charge < -0.3 is 14.8 Å². The summed E-state index contributed by atoms with van der Waals surface area (Å²) < 4.78 is 0. The number of hydrogen-bond donors (Lipinski definition) is 1. The molecule has 4 rings (SSSR count). The average molecular weight is 352 g/mol. The summed E-state index contributed by atoms with van der Waals surface area (Å²) in [5.74, 6) is 0.144. The first-order valence-electron chi connectivity index (χ1n) is 9.69. The molecule has 2 aromatic rings. The van der Waals surface area contributed by atoms with E-state index in [0.717, 1.165) is 56.9 Å². The lowest BCUT2D eigenvalue weighted by Crippen LogP contribution is -2.55. The Bertz CT molecular complexity index is 733. The molecule has 2 fully saturated rings. The molecule has 0 radical (unpaired) electrons. The third kappa shape index (κ3) is 3.63. The van der Waals surface area contributed by atoms with Crippen LogP contribution in [-0.2, 0) is 0 Å². The molecule has 0 aliphatic carbocycles. The molecule has 26 heavy (non-hydrogen) atoms. The number of anilines is 1. The summed E-state index contributed by atoms with van der Waals surface area (Å²) in [5, 5.41) is 0. The predicted molar refractivity (Wildman–Crippen MR) is 105 cm³/mol. The van der Waals surface area contributed by atoms with E-state index in [-0.39, 0.29) is 5.91 Å². The summed E-state index contributed by atoms with van der Waals surface area (Å²) in [6, 6.07) is 13.1. The highest BCUT2D eigenvalue weighted by atomic mass is 16.2. The summed E-state index contributed by atoms with van der Waals surface area (Å²) in [6.07, 6.45) is 4.19. The van der Waals surface area contributed by atoms with Crippen molar-refractivity contribution in [2.24, 2.45) is 0 Å². The number of piperazine rings is 1. The summed E-state index contributed by atoms with van der Waals surface area (Å²) in [6.45, 7) is 8.00. The SMILES string of the molecule is Cc1c[nH]c(C(=O)N2CCC[C@H](N3CCN(c4ccccc4)CC3)C2)c1. The highest BCUT2D eigenvalue weighted by Gasteiger charge is 2.30. The van der Waals surface area contributed by atoms with E-state index < -0.39 is 0 Å². The third-order valence-corrected chi connectivity index (χ3v) is 5.69. The number of para-hydroxylation sites is 1. The van der Waals surface area contributed by atoms with Crippen molar-refractivity contribution in [3.63, 3.8) is 0 Å². The summed E-state index contributed by atoms with van der Waals surface area (Å²) in [7, 11) is 0. The van der Waals surface area contributed by atoms with Crippen LogP contribution in [-0.4, -0.2) is 66.0 Å². The number of likely N-dealkylation sites (tertiary alicyclic amines) is 1. The van der Waals surface area contributed by atoms with Gasteiger partial charge in [0.2, 0.25) is 0 Å². The van der Waals surface area contributed by atoms with Crippen LogP contribution in [0.15, 0.2) is 42.6 Å². The van der Waals surface area contributed by atoms with E-state index in [1.54, 1.807) is 0 Å². The van der Waals surface area contributed by atoms with Gasteiger partial charge in [-0.05, 0) is 43.5 Å².